The van der Waals surface area contributed by atoms with Gasteiger partial charge in [-0.05, 0) is 35.4 Å². The standard InChI is InChI=1S/C19H19ClN2O2/c1-22(2)19(24)13-14-7-10-16(11-8-14)21-18(23)12-9-15-5-3-4-6-17(15)20/h3-12H,13H2,1-2H3,(H,21,23)/b12-9+. The van der Waals surface area contributed by atoms with Gasteiger partial charge in [0.25, 0.3) is 0 Å². The van der Waals surface area contributed by atoms with Crippen LogP contribution < -0.4 is 5.32 Å². The van der Waals surface area contributed by atoms with Crippen molar-refractivity contribution in [3.63, 3.8) is 0 Å². The van der Waals surface area contributed by atoms with E-state index in [1.54, 1.807) is 43.3 Å². The van der Waals surface area contributed by atoms with E-state index in [4.69, 9.17) is 11.6 Å². The highest BCUT2D eigenvalue weighted by Crippen LogP contribution is 2.16. The van der Waals surface area contributed by atoms with Crippen LogP contribution in [0.1, 0.15) is 11.1 Å². The van der Waals surface area contributed by atoms with Crippen LogP contribution in [0.2, 0.25) is 5.02 Å². The molecule has 0 saturated heterocycles. The quantitative estimate of drug-likeness (QED) is 0.844. The average molecular weight is 343 g/mol. The van der Waals surface area contributed by atoms with E-state index < -0.39 is 0 Å². The third kappa shape index (κ3) is 5.25. The normalized spacial score (nSPS) is 10.6. The molecular weight excluding hydrogens is 324 g/mol. The number of nitrogens with one attached hydrogen (secondary N) is 1. The number of likely N-dealkylation sites (N-methyl/N-ethyl adjacent to an activating group) is 1. The van der Waals surface area contributed by atoms with Gasteiger partial charge in [-0.2, -0.15) is 0 Å². The third-order valence-electron chi connectivity index (χ3n) is 3.40. The molecule has 2 aromatic carbocycles. The smallest absolute Gasteiger partial charge is 0.248 e. The van der Waals surface area contributed by atoms with E-state index in [1.807, 2.05) is 30.3 Å². The predicted octanol–water partition coefficient (Wildman–Crippen LogP) is 3.62. The summed E-state index contributed by atoms with van der Waals surface area (Å²) in [6.07, 6.45) is 3.44. The van der Waals surface area contributed by atoms with Crippen molar-refractivity contribution < 1.29 is 9.59 Å². The lowest BCUT2D eigenvalue weighted by Gasteiger charge is -2.10. The molecule has 2 amide bonds. The molecule has 0 unspecified atom stereocenters. The van der Waals surface area contributed by atoms with Crippen molar-refractivity contribution in [3.05, 3.63) is 70.8 Å². The van der Waals surface area contributed by atoms with Crippen LogP contribution in [0.15, 0.2) is 54.6 Å². The van der Waals surface area contributed by atoms with Crippen molar-refractivity contribution in [2.75, 3.05) is 19.4 Å². The molecule has 0 heterocycles. The molecule has 2 aromatic rings. The molecule has 0 bridgehead atoms. The van der Waals surface area contributed by atoms with Crippen molar-refractivity contribution in [1.82, 2.24) is 4.90 Å². The Labute approximate surface area is 146 Å². The van der Waals surface area contributed by atoms with E-state index >= 15 is 0 Å². The van der Waals surface area contributed by atoms with Gasteiger partial charge in [0.1, 0.15) is 0 Å². The fourth-order valence-electron chi connectivity index (χ4n) is 2.00. The lowest BCUT2D eigenvalue weighted by Crippen LogP contribution is -2.23. The molecule has 0 atom stereocenters. The van der Waals surface area contributed by atoms with Crippen molar-refractivity contribution in [1.29, 1.82) is 0 Å². The number of amides is 2. The molecule has 0 fully saturated rings. The third-order valence-corrected chi connectivity index (χ3v) is 3.74. The number of nitrogens with zero attached hydrogens (tertiary/aromatic N) is 1. The largest absolute Gasteiger partial charge is 0.349 e. The van der Waals surface area contributed by atoms with Gasteiger partial charge in [-0.3, -0.25) is 9.59 Å². The van der Waals surface area contributed by atoms with Crippen LogP contribution >= 0.6 is 11.6 Å². The maximum Gasteiger partial charge on any atom is 0.248 e. The summed E-state index contributed by atoms with van der Waals surface area (Å²) in [7, 11) is 3.45. The van der Waals surface area contributed by atoms with E-state index in [1.165, 1.54) is 6.08 Å². The van der Waals surface area contributed by atoms with E-state index in [0.717, 1.165) is 11.1 Å². The average Bonchev–Trinajstić information content (AvgIpc) is 2.56. The molecule has 0 aliphatic carbocycles. The van der Waals surface area contributed by atoms with Gasteiger partial charge in [-0.15, -0.1) is 0 Å². The first-order valence-corrected chi connectivity index (χ1v) is 7.86. The first kappa shape index (κ1) is 17.8. The lowest BCUT2D eigenvalue weighted by atomic mass is 10.1. The highest BCUT2D eigenvalue weighted by molar-refractivity contribution is 6.32. The van der Waals surface area contributed by atoms with Crippen LogP contribution in [0.4, 0.5) is 5.69 Å². The van der Waals surface area contributed by atoms with Gasteiger partial charge >= 0.3 is 0 Å². The molecule has 0 radical (unpaired) electrons. The highest BCUT2D eigenvalue weighted by Gasteiger charge is 2.06. The Kier molecular flexibility index (Phi) is 6.15. The minimum atomic E-state index is -0.243. The molecule has 2 rings (SSSR count). The van der Waals surface area contributed by atoms with Crippen molar-refractivity contribution in [2.45, 2.75) is 6.42 Å². The van der Waals surface area contributed by atoms with Crippen LogP contribution in [-0.4, -0.2) is 30.8 Å². The summed E-state index contributed by atoms with van der Waals surface area (Å²) in [4.78, 5) is 25.2. The van der Waals surface area contributed by atoms with Gasteiger partial charge in [0.05, 0.1) is 6.42 Å². The van der Waals surface area contributed by atoms with E-state index in [2.05, 4.69) is 5.32 Å². The first-order valence-electron chi connectivity index (χ1n) is 7.48. The Balaban J connectivity index is 1.95. The molecule has 0 aliphatic rings. The van der Waals surface area contributed by atoms with Crippen molar-refractivity contribution >= 4 is 35.2 Å². The van der Waals surface area contributed by atoms with Gasteiger partial charge in [0.2, 0.25) is 11.8 Å². The SMILES string of the molecule is CN(C)C(=O)Cc1ccc(NC(=O)/C=C/c2ccccc2Cl)cc1. The number of hydrogen-bond donors (Lipinski definition) is 1. The second-order valence-electron chi connectivity index (χ2n) is 5.51. The Hall–Kier alpha value is -2.59. The van der Waals surface area contributed by atoms with Gasteiger partial charge < -0.3 is 10.2 Å². The number of benzene rings is 2. The van der Waals surface area contributed by atoms with Crippen LogP contribution in [-0.2, 0) is 16.0 Å². The number of halogens is 1. The second-order valence-corrected chi connectivity index (χ2v) is 5.91. The topological polar surface area (TPSA) is 49.4 Å². The van der Waals surface area contributed by atoms with Crippen molar-refractivity contribution in [3.8, 4) is 0 Å². The fourth-order valence-corrected chi connectivity index (χ4v) is 2.20. The number of carbonyl (C=O) groups is 2. The Morgan fingerprint density at radius 1 is 1.08 bits per heavy atom. The fraction of sp³-hybridized carbons (Fsp3) is 0.158. The molecule has 1 N–H and O–H groups in total. The van der Waals surface area contributed by atoms with Crippen molar-refractivity contribution in [2.24, 2.45) is 0 Å². The summed E-state index contributed by atoms with van der Waals surface area (Å²) in [6, 6.07) is 14.5. The van der Waals surface area contributed by atoms with Crippen LogP contribution in [0, 0.1) is 0 Å². The Morgan fingerprint density at radius 3 is 2.38 bits per heavy atom. The second kappa shape index (κ2) is 8.31. The van der Waals surface area contributed by atoms with E-state index in [0.29, 0.717) is 17.1 Å². The summed E-state index contributed by atoms with van der Waals surface area (Å²) < 4.78 is 0. The summed E-state index contributed by atoms with van der Waals surface area (Å²) in [5.41, 5.74) is 2.36. The molecule has 24 heavy (non-hydrogen) atoms. The van der Waals surface area contributed by atoms with Crippen LogP contribution in [0.5, 0.6) is 0 Å². The minimum absolute atomic E-state index is 0.0365. The summed E-state index contributed by atoms with van der Waals surface area (Å²) in [5, 5.41) is 3.36. The number of rotatable bonds is 5. The Morgan fingerprint density at radius 2 is 1.75 bits per heavy atom. The van der Waals surface area contributed by atoms with E-state index in [-0.39, 0.29) is 11.8 Å². The van der Waals surface area contributed by atoms with E-state index in [9.17, 15) is 9.59 Å². The lowest BCUT2D eigenvalue weighted by molar-refractivity contribution is -0.128. The predicted molar refractivity (Wildman–Crippen MR) is 98.0 cm³/mol. The van der Waals surface area contributed by atoms with Gasteiger partial charge in [0.15, 0.2) is 0 Å². The highest BCUT2D eigenvalue weighted by atomic mass is 35.5. The zero-order valence-electron chi connectivity index (χ0n) is 13.6. The summed E-state index contributed by atoms with van der Waals surface area (Å²) in [5.74, 6) is -0.207. The van der Waals surface area contributed by atoms with Gasteiger partial charge in [0, 0.05) is 30.9 Å². The monoisotopic (exact) mass is 342 g/mol. The number of carbonyl (C=O) groups excluding carboxylic acids is 2. The Bertz CT molecular complexity index is 752. The van der Waals surface area contributed by atoms with Crippen LogP contribution in [0.25, 0.3) is 6.08 Å². The minimum Gasteiger partial charge on any atom is -0.349 e. The molecule has 124 valence electrons. The molecule has 5 heteroatoms. The molecule has 0 aromatic heterocycles. The summed E-state index contributed by atoms with van der Waals surface area (Å²) >= 11 is 6.04. The maximum absolute atomic E-state index is 11.9. The zero-order valence-corrected chi connectivity index (χ0v) is 14.4. The molecule has 0 spiro atoms. The first-order chi connectivity index (χ1) is 11.5. The number of anilines is 1. The van der Waals surface area contributed by atoms with Crippen LogP contribution in [0.3, 0.4) is 0 Å². The molecule has 4 nitrogen and oxygen atoms in total. The molecular formula is C19H19ClN2O2. The zero-order chi connectivity index (χ0) is 17.5. The maximum atomic E-state index is 11.9. The number of hydrogen-bond acceptors (Lipinski definition) is 2. The molecule has 0 saturated carbocycles. The summed E-state index contributed by atoms with van der Waals surface area (Å²) in [6.45, 7) is 0. The molecule has 0 aliphatic heterocycles. The van der Waals surface area contributed by atoms with Gasteiger partial charge in [-0.1, -0.05) is 41.9 Å². The van der Waals surface area contributed by atoms with Gasteiger partial charge in [-0.25, -0.2) is 0 Å².